The Hall–Kier alpha value is -1.70. The van der Waals surface area contributed by atoms with Gasteiger partial charge in [-0.1, -0.05) is 20.8 Å². The second-order valence-electron chi connectivity index (χ2n) is 6.66. The van der Waals surface area contributed by atoms with E-state index in [4.69, 9.17) is 15.3 Å². The van der Waals surface area contributed by atoms with Crippen LogP contribution in [0.25, 0.3) is 0 Å². The van der Waals surface area contributed by atoms with Crippen LogP contribution in [0.3, 0.4) is 0 Å². The third-order valence-corrected chi connectivity index (χ3v) is 4.20. The monoisotopic (exact) mass is 750 g/mol. The van der Waals surface area contributed by atoms with Gasteiger partial charge in [0.05, 0.1) is 17.9 Å². The van der Waals surface area contributed by atoms with Gasteiger partial charge in [0.1, 0.15) is 16.8 Å². The first-order chi connectivity index (χ1) is 16.8. The molecule has 0 amide bonds. The first kappa shape index (κ1) is 45.2. The van der Waals surface area contributed by atoms with Gasteiger partial charge in [0, 0.05) is 37.2 Å². The molecule has 15 nitrogen and oxygen atoms in total. The molecule has 0 rings (SSSR count). The van der Waals surface area contributed by atoms with Crippen LogP contribution in [0.4, 0.5) is 0 Å². The van der Waals surface area contributed by atoms with Crippen molar-refractivity contribution in [3.63, 3.8) is 0 Å². The first-order valence-corrected chi connectivity index (χ1v) is 15.9. The Morgan fingerprint density at radius 2 is 0.622 bits per heavy atom. The topological polar surface area (TPSA) is 301 Å². The number of carboxylic acids is 6. The van der Waals surface area contributed by atoms with E-state index in [-0.39, 0.29) is 19.3 Å². The molecule has 0 spiro atoms. The molecule has 3 atom stereocenters. The Morgan fingerprint density at radius 1 is 0.486 bits per heavy atom. The van der Waals surface area contributed by atoms with Crippen LogP contribution < -0.4 is 30.6 Å². The van der Waals surface area contributed by atoms with Gasteiger partial charge in [0.15, 0.2) is 0 Å². The van der Waals surface area contributed by atoms with Gasteiger partial charge in [-0.2, -0.15) is 0 Å². The fourth-order valence-electron chi connectivity index (χ4n) is 1.74. The molecular weight excluding hydrogens is 718 g/mol. The molecular formula is C20H30O15Sn2. The van der Waals surface area contributed by atoms with Crippen molar-refractivity contribution in [1.82, 2.24) is 0 Å². The van der Waals surface area contributed by atoms with Gasteiger partial charge in [-0.05, 0) is 19.3 Å². The first-order valence-electron chi connectivity index (χ1n) is 10.2. The molecule has 0 saturated heterocycles. The zero-order chi connectivity index (χ0) is 31.2. The predicted octanol–water partition coefficient (Wildman–Crippen LogP) is -8.54. The molecule has 0 aromatic carbocycles. The van der Waals surface area contributed by atoms with E-state index >= 15 is 0 Å². The molecule has 0 aliphatic rings. The molecule has 208 valence electrons. The van der Waals surface area contributed by atoms with Crippen molar-refractivity contribution in [3.8, 4) is 0 Å². The van der Waals surface area contributed by atoms with Crippen molar-refractivity contribution >= 4 is 80.9 Å². The van der Waals surface area contributed by atoms with Crippen LogP contribution >= 0.6 is 0 Å². The average Bonchev–Trinajstić information content (AvgIpc) is 2.80. The SMILES string of the molecule is CCC(O)(CC(=O)[O-])C(=O)[O-].CCC(O)(CC(=O)[O-])C(=O)[O-].CCC(O)(CC(=O)[O-])C(=O)[O-].[CH3][Sn+3].[CH3][Sn+3]. The van der Waals surface area contributed by atoms with E-state index in [1.54, 1.807) is 45.0 Å². The van der Waals surface area contributed by atoms with Gasteiger partial charge in [-0.3, -0.25) is 0 Å². The molecule has 0 bridgehead atoms. The number of hydrogen-bond acceptors (Lipinski definition) is 15. The summed E-state index contributed by atoms with van der Waals surface area (Å²) in [5, 5.41) is 87.1. The minimum absolute atomic E-state index is 0.219. The molecule has 0 aliphatic carbocycles. The second-order valence-corrected chi connectivity index (χ2v) is 6.66. The summed E-state index contributed by atoms with van der Waals surface area (Å²) in [6.45, 7) is 4.04. The van der Waals surface area contributed by atoms with Crippen molar-refractivity contribution in [2.45, 2.75) is 86.0 Å². The van der Waals surface area contributed by atoms with E-state index < -0.39 is 71.9 Å². The summed E-state index contributed by atoms with van der Waals surface area (Å²) in [6.07, 6.45) is -3.47. The van der Waals surface area contributed by atoms with E-state index in [1.807, 2.05) is 0 Å². The number of hydrogen-bond donors (Lipinski definition) is 3. The van der Waals surface area contributed by atoms with Crippen molar-refractivity contribution in [3.05, 3.63) is 0 Å². The number of rotatable bonds is 12. The summed E-state index contributed by atoms with van der Waals surface area (Å²) in [7, 11) is 0. The van der Waals surface area contributed by atoms with Crippen LogP contribution in [0.15, 0.2) is 0 Å². The molecule has 0 saturated carbocycles. The zero-order valence-corrected chi connectivity index (χ0v) is 26.7. The van der Waals surface area contributed by atoms with Gasteiger partial charge in [0.2, 0.25) is 0 Å². The van der Waals surface area contributed by atoms with E-state index in [0.29, 0.717) is 0 Å². The number of aliphatic carboxylic acids is 6. The molecule has 0 fully saturated rings. The second kappa shape index (κ2) is 23.4. The third kappa shape index (κ3) is 22.0. The molecule has 3 unspecified atom stereocenters. The number of carbonyl (C=O) groups excluding carboxylic acids is 6. The van der Waals surface area contributed by atoms with Crippen molar-refractivity contribution in [2.24, 2.45) is 0 Å². The number of carbonyl (C=O) groups is 6. The zero-order valence-electron chi connectivity index (χ0n) is 21.0. The van der Waals surface area contributed by atoms with Crippen LogP contribution in [0.5, 0.6) is 0 Å². The summed E-state index contributed by atoms with van der Waals surface area (Å²) in [6, 6.07) is 0. The van der Waals surface area contributed by atoms with Crippen molar-refractivity contribution < 1.29 is 74.7 Å². The van der Waals surface area contributed by atoms with Crippen LogP contribution in [0, 0.1) is 0 Å². The Morgan fingerprint density at radius 3 is 0.649 bits per heavy atom. The predicted molar refractivity (Wildman–Crippen MR) is 113 cm³/mol. The normalized spacial score (nSPS) is 14.2. The van der Waals surface area contributed by atoms with Crippen molar-refractivity contribution in [2.75, 3.05) is 0 Å². The molecule has 17 heteroatoms. The fourth-order valence-corrected chi connectivity index (χ4v) is 1.74. The van der Waals surface area contributed by atoms with E-state index in [2.05, 4.69) is 9.88 Å². The summed E-state index contributed by atoms with van der Waals surface area (Å²) < 4.78 is 0. The molecule has 0 aromatic rings. The third-order valence-electron chi connectivity index (χ3n) is 4.20. The van der Waals surface area contributed by atoms with Crippen LogP contribution in [0.2, 0.25) is 9.88 Å². The summed E-state index contributed by atoms with van der Waals surface area (Å²) in [5.74, 6) is -10.2. The van der Waals surface area contributed by atoms with E-state index in [1.165, 1.54) is 20.8 Å². The quantitative estimate of drug-likeness (QED) is 0.156. The summed E-state index contributed by atoms with van der Waals surface area (Å²) >= 11 is 3.10. The van der Waals surface area contributed by atoms with Gasteiger partial charge < -0.3 is 74.7 Å². The molecule has 0 heterocycles. The fraction of sp³-hybridized carbons (Fsp3) is 0.700. The standard InChI is InChI=1S/3C6H10O5.2CH3.2Sn/c3*1-2-6(11,5(9)10)3-4(7)8;;;;/h3*11H,2-3H2,1H3,(H,7,8)(H,9,10);2*1H3;;/q;;;;;2*+3/p-6. The Bertz CT molecular complexity index is 635. The molecule has 37 heavy (non-hydrogen) atoms. The van der Waals surface area contributed by atoms with E-state index in [0.717, 1.165) is 0 Å². The maximum atomic E-state index is 10.1. The molecule has 0 radical (unpaired) electrons. The Balaban J connectivity index is -0.000000129. The van der Waals surface area contributed by atoms with Crippen LogP contribution in [0.1, 0.15) is 59.3 Å². The molecule has 0 aromatic heterocycles. The molecule has 0 aliphatic heterocycles. The molecule has 3 N–H and O–H groups in total. The van der Waals surface area contributed by atoms with Crippen LogP contribution in [-0.2, 0) is 28.8 Å². The maximum absolute atomic E-state index is 10.1. The summed E-state index contributed by atoms with van der Waals surface area (Å²) in [5.41, 5.74) is -6.88. The van der Waals surface area contributed by atoms with Gasteiger partial charge in [-0.15, -0.1) is 0 Å². The Kier molecular flexibility index (Phi) is 28.6. The van der Waals surface area contributed by atoms with Gasteiger partial charge >= 0.3 is 54.9 Å². The average molecular weight is 748 g/mol. The number of carboxylic acid groups (broad SMARTS) is 6. The minimum atomic E-state index is -2.29. The summed E-state index contributed by atoms with van der Waals surface area (Å²) in [4.78, 5) is 64.3. The van der Waals surface area contributed by atoms with Gasteiger partial charge in [0.25, 0.3) is 0 Å². The Labute approximate surface area is 240 Å². The van der Waals surface area contributed by atoms with Gasteiger partial charge in [-0.25, -0.2) is 0 Å². The van der Waals surface area contributed by atoms with E-state index in [9.17, 15) is 59.4 Å². The van der Waals surface area contributed by atoms with Crippen molar-refractivity contribution in [1.29, 1.82) is 0 Å². The number of aliphatic hydroxyl groups is 3. The van der Waals surface area contributed by atoms with Crippen LogP contribution in [-0.4, -0.2) is 113 Å².